The van der Waals surface area contributed by atoms with Crippen LogP contribution in [-0.2, 0) is 52.7 Å². The number of hydrogen-bond acceptors (Lipinski definition) is 12. The van der Waals surface area contributed by atoms with Crippen LogP contribution in [0, 0.1) is 29.6 Å². The molecule has 7 atom stereocenters. The predicted octanol–water partition coefficient (Wildman–Crippen LogP) is 1.52. The van der Waals surface area contributed by atoms with Gasteiger partial charge < -0.3 is 61.1 Å². The first kappa shape index (κ1) is 72.9. The molecule has 6 unspecified atom stereocenters. The summed E-state index contributed by atoms with van der Waals surface area (Å²) in [5.41, 5.74) is -1.51. The van der Waals surface area contributed by atoms with E-state index in [-0.39, 0.29) is 55.9 Å². The first-order valence-corrected chi connectivity index (χ1v) is 27.6. The van der Waals surface area contributed by atoms with Crippen LogP contribution in [0.2, 0.25) is 0 Å². The molecular formula is C56H101N11O12. The standard InChI is InChI=1S/C56H101N11O12/c1-21-22-23-38(10)28-41(64(17)48(72)33-63(16)54(77)42(27-36(6)7)65(18)45(69)25-24-34(2)3)52(75)59-31-46(70)62(15)32-47(71)66(19)43(29-56(12,13)79)53(76)61-49(37(8)9)55(78)67(20)40(26-35(4)5)51(74)58-30-44(68)60-39(11)50(73)57-14/h21-22,34-43,49,79H,23-33H2,1-20H3,(H,57,73)(H,58,74)(H,59,75)(H,60,68)(H,61,76)/b22-21+/t38?,39-,40?,41?,42?,43?,49?/m1/s1. The number of likely N-dealkylation sites (N-methyl/N-ethyl adjacent to an activating group) is 7. The fourth-order valence-corrected chi connectivity index (χ4v) is 8.49. The van der Waals surface area contributed by atoms with Crippen LogP contribution in [0.4, 0.5) is 0 Å². The highest BCUT2D eigenvalue weighted by molar-refractivity contribution is 5.97. The molecule has 0 radical (unpaired) electrons. The Morgan fingerprint density at radius 1 is 0.532 bits per heavy atom. The van der Waals surface area contributed by atoms with Gasteiger partial charge in [0, 0.05) is 62.2 Å². The van der Waals surface area contributed by atoms with Gasteiger partial charge >= 0.3 is 0 Å². The van der Waals surface area contributed by atoms with Gasteiger partial charge in [0.2, 0.25) is 65.0 Å². The van der Waals surface area contributed by atoms with Gasteiger partial charge in [-0.3, -0.25) is 52.7 Å². The quantitative estimate of drug-likeness (QED) is 0.0501. The summed E-state index contributed by atoms with van der Waals surface area (Å²) in [7, 11) is 10.0. The zero-order valence-corrected chi connectivity index (χ0v) is 51.4. The molecule has 452 valence electrons. The van der Waals surface area contributed by atoms with Crippen molar-refractivity contribution in [3.63, 3.8) is 0 Å². The molecule has 23 heteroatoms. The van der Waals surface area contributed by atoms with E-state index in [0.29, 0.717) is 25.2 Å². The summed E-state index contributed by atoms with van der Waals surface area (Å²) >= 11 is 0. The van der Waals surface area contributed by atoms with Gasteiger partial charge in [-0.15, -0.1) is 0 Å². The normalized spacial score (nSPS) is 14.3. The topological polar surface area (TPSA) is 288 Å². The van der Waals surface area contributed by atoms with Gasteiger partial charge in [-0.05, 0) is 89.4 Å². The Bertz CT molecular complexity index is 2090. The van der Waals surface area contributed by atoms with Crippen molar-refractivity contribution in [2.24, 2.45) is 29.6 Å². The minimum absolute atomic E-state index is 0.0634. The molecule has 0 aromatic carbocycles. The van der Waals surface area contributed by atoms with Crippen LogP contribution in [0.15, 0.2) is 12.2 Å². The predicted molar refractivity (Wildman–Crippen MR) is 303 cm³/mol. The summed E-state index contributed by atoms with van der Waals surface area (Å²) in [4.78, 5) is 156. The van der Waals surface area contributed by atoms with Gasteiger partial charge in [-0.25, -0.2) is 0 Å². The summed E-state index contributed by atoms with van der Waals surface area (Å²) in [6.07, 6.45) is 5.82. The third-order valence-corrected chi connectivity index (χ3v) is 13.6. The first-order valence-electron chi connectivity index (χ1n) is 27.6. The SMILES string of the molecule is C/C=C/CC(C)CC(C(=O)NCC(=O)N(C)CC(=O)N(C)C(CC(C)(C)O)C(=O)NC(C(=O)N(C)C(CC(C)C)C(=O)NCC(=O)N[C@H](C)C(=O)NC)C(C)C)N(C)C(=O)CN(C)C(=O)C(CC(C)C)N(C)C(=O)CCC(C)C. The second-order valence-corrected chi connectivity index (χ2v) is 23.4. The lowest BCUT2D eigenvalue weighted by Gasteiger charge is -2.36. The number of amides is 11. The zero-order chi connectivity index (χ0) is 61.4. The third kappa shape index (κ3) is 26.1. The molecule has 0 aliphatic heterocycles. The van der Waals surface area contributed by atoms with E-state index in [9.17, 15) is 57.8 Å². The number of carbonyl (C=O) groups excluding carboxylic acids is 11. The Kier molecular flexibility index (Phi) is 32.1. The second kappa shape index (κ2) is 34.8. The van der Waals surface area contributed by atoms with Crippen molar-refractivity contribution in [2.75, 3.05) is 75.5 Å². The lowest BCUT2D eigenvalue weighted by molar-refractivity contribution is -0.148. The van der Waals surface area contributed by atoms with Crippen LogP contribution >= 0.6 is 0 Å². The van der Waals surface area contributed by atoms with Gasteiger partial charge in [0.05, 0.1) is 31.8 Å². The molecule has 6 N–H and O–H groups in total. The molecule has 79 heavy (non-hydrogen) atoms. The molecule has 0 saturated carbocycles. The number of allylic oxidation sites excluding steroid dienone is 2. The van der Waals surface area contributed by atoms with Crippen LogP contribution in [-0.4, -0.2) is 217 Å². The van der Waals surface area contributed by atoms with Crippen LogP contribution in [0.1, 0.15) is 135 Å². The van der Waals surface area contributed by atoms with Crippen LogP contribution in [0.25, 0.3) is 0 Å². The van der Waals surface area contributed by atoms with E-state index in [1.807, 2.05) is 67.5 Å². The highest BCUT2D eigenvalue weighted by Gasteiger charge is 2.39. The number of hydrogen-bond donors (Lipinski definition) is 6. The summed E-state index contributed by atoms with van der Waals surface area (Å²) < 4.78 is 0. The van der Waals surface area contributed by atoms with E-state index in [0.717, 1.165) is 9.80 Å². The number of carbonyl (C=O) groups is 11. The molecule has 23 nitrogen and oxygen atoms in total. The van der Waals surface area contributed by atoms with Crippen molar-refractivity contribution < 1.29 is 57.8 Å². The van der Waals surface area contributed by atoms with E-state index >= 15 is 0 Å². The van der Waals surface area contributed by atoms with E-state index in [4.69, 9.17) is 0 Å². The zero-order valence-electron chi connectivity index (χ0n) is 51.4. The average Bonchev–Trinajstić information content (AvgIpc) is 3.36. The molecule has 0 rings (SSSR count). The highest BCUT2D eigenvalue weighted by Crippen LogP contribution is 2.21. The Morgan fingerprint density at radius 3 is 1.49 bits per heavy atom. The Labute approximate surface area is 471 Å². The van der Waals surface area contributed by atoms with Crippen molar-refractivity contribution in [1.29, 1.82) is 0 Å². The molecule has 11 amide bonds. The van der Waals surface area contributed by atoms with Crippen molar-refractivity contribution in [3.8, 4) is 0 Å². The number of nitrogens with one attached hydrogen (secondary N) is 5. The monoisotopic (exact) mass is 1120 g/mol. The van der Waals surface area contributed by atoms with Gasteiger partial charge in [0.25, 0.3) is 0 Å². The summed E-state index contributed by atoms with van der Waals surface area (Å²) in [5.74, 6) is -6.70. The number of nitrogens with zero attached hydrogens (tertiary/aromatic N) is 6. The maximum Gasteiger partial charge on any atom is 0.245 e. The fraction of sp³-hybridized carbons (Fsp3) is 0.768. The smallest absolute Gasteiger partial charge is 0.245 e. The molecule has 0 spiro atoms. The Morgan fingerprint density at radius 2 is 1.01 bits per heavy atom. The molecule has 0 aromatic rings. The molecule has 0 aliphatic rings. The highest BCUT2D eigenvalue weighted by atomic mass is 16.3. The summed E-state index contributed by atoms with van der Waals surface area (Å²) in [5, 5.41) is 23.7. The largest absolute Gasteiger partial charge is 0.390 e. The average molecular weight is 1120 g/mol. The molecule has 0 aromatic heterocycles. The van der Waals surface area contributed by atoms with Gasteiger partial charge in [-0.1, -0.05) is 74.5 Å². The lowest BCUT2D eigenvalue weighted by Crippen LogP contribution is -2.60. The maximum atomic E-state index is 14.2. The Hall–Kier alpha value is -6.13. The van der Waals surface area contributed by atoms with E-state index in [2.05, 4.69) is 26.6 Å². The third-order valence-electron chi connectivity index (χ3n) is 13.6. The van der Waals surface area contributed by atoms with Gasteiger partial charge in [-0.2, -0.15) is 0 Å². The molecule has 0 aliphatic carbocycles. The fourth-order valence-electron chi connectivity index (χ4n) is 8.49. The molecular weight excluding hydrogens is 1020 g/mol. The van der Waals surface area contributed by atoms with Crippen LogP contribution in [0.3, 0.4) is 0 Å². The summed E-state index contributed by atoms with van der Waals surface area (Å²) in [6, 6.07) is -6.41. The van der Waals surface area contributed by atoms with E-state index in [1.165, 1.54) is 82.7 Å². The van der Waals surface area contributed by atoms with Gasteiger partial charge in [0.1, 0.15) is 36.3 Å². The van der Waals surface area contributed by atoms with E-state index in [1.54, 1.807) is 20.9 Å². The Balaban J connectivity index is 6.36. The number of aliphatic hydroxyl groups is 1. The van der Waals surface area contributed by atoms with Crippen molar-refractivity contribution in [3.05, 3.63) is 12.2 Å². The maximum absolute atomic E-state index is 14.2. The minimum Gasteiger partial charge on any atom is -0.390 e. The summed E-state index contributed by atoms with van der Waals surface area (Å²) in [6.45, 7) is 21.1. The van der Waals surface area contributed by atoms with Crippen molar-refractivity contribution >= 4 is 65.0 Å². The van der Waals surface area contributed by atoms with E-state index < -0.39 is 126 Å². The van der Waals surface area contributed by atoms with Gasteiger partial charge in [0.15, 0.2) is 0 Å². The minimum atomic E-state index is -1.51. The lowest BCUT2D eigenvalue weighted by atomic mass is 9.95. The molecule has 0 bridgehead atoms. The molecule has 0 heterocycles. The van der Waals surface area contributed by atoms with Crippen LogP contribution in [0.5, 0.6) is 0 Å². The first-order chi connectivity index (χ1) is 36.4. The molecule has 0 fully saturated rings. The molecule has 0 saturated heterocycles. The van der Waals surface area contributed by atoms with Crippen LogP contribution < -0.4 is 26.6 Å². The number of rotatable bonds is 34. The second-order valence-electron chi connectivity index (χ2n) is 23.4. The van der Waals surface area contributed by atoms with Crippen molar-refractivity contribution in [2.45, 2.75) is 177 Å². The van der Waals surface area contributed by atoms with Crippen molar-refractivity contribution in [1.82, 2.24) is 56.0 Å².